The molecular formula is C57H62Cl2F6Zr. The van der Waals surface area contributed by atoms with E-state index in [9.17, 15) is 26.3 Å². The Balaban J connectivity index is 0.00000360. The standard InChI is InChI=1S/C31H37.C15H8F6.C11H17.2ClH.Zr/c1-28(2,3)26-16-30(7,8)24-12-18-11-19-13-25-23(15-21(19)20(18)14-22(24)26)27(29(4,5)6)17-31(25,9)10;16-14(17,18)12-5-1-10(2-6-12)9-11-3-7-13(8-4-11)15(19,20)21;1-5-9-6-7-10(8-9)11(2,3)4;;;/h11-17H,1-10H3;1-8H;7-9H,5H2,1-4H3;2*1H;/q;;;;;+2/p-2. The van der Waals surface area contributed by atoms with Gasteiger partial charge < -0.3 is 24.8 Å². The Morgan fingerprint density at radius 1 is 0.545 bits per heavy atom. The molecule has 4 aliphatic rings. The molecule has 0 bridgehead atoms. The van der Waals surface area contributed by atoms with E-state index in [0.29, 0.717) is 11.1 Å². The van der Waals surface area contributed by atoms with Gasteiger partial charge in [-0.25, -0.2) is 0 Å². The molecule has 0 amide bonds. The maximum atomic E-state index is 14.3. The van der Waals surface area contributed by atoms with E-state index in [4.69, 9.17) is 0 Å². The minimum Gasteiger partial charge on any atom is -1.00 e. The molecule has 0 saturated carbocycles. The fraction of sp³-hybridized carbons (Fsp3) is 0.421. The maximum absolute atomic E-state index is 14.3. The molecule has 350 valence electrons. The van der Waals surface area contributed by atoms with Crippen LogP contribution >= 0.6 is 0 Å². The molecule has 0 N–H and O–H groups in total. The molecule has 1 atom stereocenters. The summed E-state index contributed by atoms with van der Waals surface area (Å²) in [6.07, 6.45) is 1.34. The van der Waals surface area contributed by atoms with E-state index < -0.39 is 44.7 Å². The van der Waals surface area contributed by atoms with Crippen molar-refractivity contribution in [1.29, 1.82) is 0 Å². The third kappa shape index (κ3) is 9.06. The van der Waals surface area contributed by atoms with Crippen molar-refractivity contribution in [2.45, 2.75) is 130 Å². The molecule has 9 heteroatoms. The first-order chi connectivity index (χ1) is 29.3. The van der Waals surface area contributed by atoms with Crippen LogP contribution in [0.15, 0.2) is 106 Å². The third-order valence-corrected chi connectivity index (χ3v) is 22.6. The second-order valence-electron chi connectivity index (χ2n) is 22.9. The normalized spacial score (nSPS) is 18.4. The van der Waals surface area contributed by atoms with Crippen molar-refractivity contribution in [3.8, 4) is 11.1 Å². The average Bonchev–Trinajstić information content (AvgIpc) is 3.89. The Bertz CT molecular complexity index is 2590. The number of hydrogen-bond donors (Lipinski definition) is 0. The molecule has 4 aromatic carbocycles. The number of rotatable bonds is 5. The van der Waals surface area contributed by atoms with Gasteiger partial charge in [0.15, 0.2) is 0 Å². The van der Waals surface area contributed by atoms with Gasteiger partial charge in [-0.15, -0.1) is 0 Å². The topological polar surface area (TPSA) is 0 Å². The van der Waals surface area contributed by atoms with Crippen molar-refractivity contribution in [2.75, 3.05) is 0 Å². The van der Waals surface area contributed by atoms with Crippen LogP contribution < -0.4 is 24.8 Å². The fourth-order valence-corrected chi connectivity index (χ4v) is 20.5. The smallest absolute Gasteiger partial charge is 1.00 e. The van der Waals surface area contributed by atoms with Gasteiger partial charge in [0.25, 0.3) is 0 Å². The predicted octanol–water partition coefficient (Wildman–Crippen LogP) is 11.0. The third-order valence-electron chi connectivity index (χ3n) is 14.2. The second kappa shape index (κ2) is 17.0. The summed E-state index contributed by atoms with van der Waals surface area (Å²) < 4.78 is 87.6. The van der Waals surface area contributed by atoms with Crippen LogP contribution in [0.1, 0.15) is 163 Å². The van der Waals surface area contributed by atoms with Gasteiger partial charge in [0.2, 0.25) is 0 Å². The first-order valence-corrected chi connectivity index (χ1v) is 26.6. The molecular weight excluding hydrogens is 961 g/mol. The van der Waals surface area contributed by atoms with Crippen molar-refractivity contribution in [1.82, 2.24) is 0 Å². The molecule has 0 nitrogen and oxygen atoms in total. The van der Waals surface area contributed by atoms with Crippen molar-refractivity contribution in [3.63, 3.8) is 0 Å². The number of alkyl halides is 6. The monoisotopic (exact) mass is 1020 g/mol. The minimum atomic E-state index is -4.55. The Morgan fingerprint density at radius 3 is 1.24 bits per heavy atom. The number of hydrogen-bond acceptors (Lipinski definition) is 0. The summed E-state index contributed by atoms with van der Waals surface area (Å²) in [5.74, 6) is 0.0649. The van der Waals surface area contributed by atoms with Gasteiger partial charge in [0.1, 0.15) is 0 Å². The van der Waals surface area contributed by atoms with Gasteiger partial charge in [0, 0.05) is 0 Å². The first kappa shape index (κ1) is 52.1. The summed E-state index contributed by atoms with van der Waals surface area (Å²) >= 11 is -3.75. The molecule has 8 rings (SSSR count). The van der Waals surface area contributed by atoms with Crippen molar-refractivity contribution in [3.05, 3.63) is 162 Å². The fourth-order valence-electron chi connectivity index (χ4n) is 10.7. The van der Waals surface area contributed by atoms with E-state index in [1.165, 1.54) is 64.5 Å². The zero-order valence-electron chi connectivity index (χ0n) is 40.6. The molecule has 66 heavy (non-hydrogen) atoms. The SMILES string of the molecule is CCC1C=C(C(C)(C)C)C=[C]1[Zr+2](=[C](c1ccc(C(F)(F)F)cc1)c1ccc(C(F)(F)F)cc1)[CH]1c2cc3c(cc2-c2cc4c(cc21)C(C)(C)C=C4C(C)(C)C)C(C(C)(C)C)=CC3(C)C.[Cl-].[Cl-]. The van der Waals surface area contributed by atoms with Crippen LogP contribution in [-0.4, -0.2) is 3.21 Å². The summed E-state index contributed by atoms with van der Waals surface area (Å²) in [6, 6.07) is 20.6. The van der Waals surface area contributed by atoms with Crippen LogP contribution in [0.2, 0.25) is 0 Å². The van der Waals surface area contributed by atoms with Gasteiger partial charge in [-0.2, -0.15) is 0 Å². The van der Waals surface area contributed by atoms with Gasteiger partial charge in [-0.1, -0.05) is 0 Å². The van der Waals surface area contributed by atoms with E-state index in [1.807, 2.05) is 0 Å². The largest absolute Gasteiger partial charge is 1.00 e. The Hall–Kier alpha value is -3.25. The molecule has 4 aliphatic carbocycles. The van der Waals surface area contributed by atoms with E-state index >= 15 is 0 Å². The summed E-state index contributed by atoms with van der Waals surface area (Å²) in [6.45, 7) is 31.5. The molecule has 0 saturated heterocycles. The molecule has 0 radical (unpaired) electrons. The van der Waals surface area contributed by atoms with Gasteiger partial charge >= 0.3 is 387 Å². The van der Waals surface area contributed by atoms with Crippen LogP contribution in [0.25, 0.3) is 22.3 Å². The molecule has 1 unspecified atom stereocenters. The molecule has 4 aromatic rings. The van der Waals surface area contributed by atoms with E-state index in [2.05, 4.69) is 146 Å². The number of allylic oxidation sites excluding steroid dienone is 8. The van der Waals surface area contributed by atoms with E-state index in [1.54, 1.807) is 24.3 Å². The Kier molecular flexibility index (Phi) is 13.4. The van der Waals surface area contributed by atoms with E-state index in [-0.39, 0.29) is 61.4 Å². The van der Waals surface area contributed by atoms with Crippen LogP contribution in [0, 0.1) is 22.2 Å². The molecule has 0 fully saturated rings. The maximum Gasteiger partial charge on any atom is -1.00 e. The minimum absolute atomic E-state index is 0. The van der Waals surface area contributed by atoms with Crippen molar-refractivity contribution in [2.24, 2.45) is 22.2 Å². The van der Waals surface area contributed by atoms with Gasteiger partial charge in [0.05, 0.1) is 0 Å². The van der Waals surface area contributed by atoms with Crippen molar-refractivity contribution >= 4 is 14.4 Å². The average molecular weight is 1020 g/mol. The summed E-state index contributed by atoms with van der Waals surface area (Å²) in [5, 5.41) is 0. The quantitative estimate of drug-likeness (QED) is 0.175. The predicted molar refractivity (Wildman–Crippen MR) is 250 cm³/mol. The summed E-state index contributed by atoms with van der Waals surface area (Å²) in [4.78, 5) is 0. The zero-order valence-corrected chi connectivity index (χ0v) is 44.6. The Morgan fingerprint density at radius 2 is 0.924 bits per heavy atom. The number of benzene rings is 4. The van der Waals surface area contributed by atoms with Gasteiger partial charge in [-0.05, 0) is 0 Å². The van der Waals surface area contributed by atoms with E-state index in [0.717, 1.165) is 33.9 Å². The van der Waals surface area contributed by atoms with Crippen LogP contribution in [-0.2, 0) is 44.4 Å². The van der Waals surface area contributed by atoms with Crippen LogP contribution in [0.4, 0.5) is 26.3 Å². The van der Waals surface area contributed by atoms with Gasteiger partial charge in [-0.3, -0.25) is 0 Å². The summed E-state index contributed by atoms with van der Waals surface area (Å²) in [5.41, 5.74) is 12.4. The Labute approximate surface area is 409 Å². The van der Waals surface area contributed by atoms with Crippen molar-refractivity contribution < 1.29 is 72.4 Å². The van der Waals surface area contributed by atoms with Crippen LogP contribution in [0.5, 0.6) is 0 Å². The first-order valence-electron chi connectivity index (χ1n) is 22.7. The number of fused-ring (bicyclic) bond motifs is 5. The van der Waals surface area contributed by atoms with Crippen LogP contribution in [0.3, 0.4) is 0 Å². The summed E-state index contributed by atoms with van der Waals surface area (Å²) in [7, 11) is 0. The number of halogens is 8. The zero-order chi connectivity index (χ0) is 47.1. The molecule has 0 aromatic heterocycles. The molecule has 0 spiro atoms. The molecule has 0 heterocycles. The molecule has 0 aliphatic heterocycles. The second-order valence-corrected chi connectivity index (χ2v) is 29.0.